The topological polar surface area (TPSA) is 95.8 Å². The molecule has 23 heavy (non-hydrogen) atoms. The lowest BCUT2D eigenvalue weighted by atomic mass is 10.2. The number of rotatable bonds is 14. The van der Waals surface area contributed by atoms with Crippen molar-refractivity contribution < 1.29 is 38.6 Å². The molecular weight excluding hydrogens is 308 g/mol. The summed E-state index contributed by atoms with van der Waals surface area (Å²) in [5.41, 5.74) is 0. The van der Waals surface area contributed by atoms with E-state index in [4.69, 9.17) is 38.6 Å². The largest absolute Gasteiger partial charge is 0.394 e. The van der Waals surface area contributed by atoms with Gasteiger partial charge in [-0.05, 0) is 13.8 Å². The van der Waals surface area contributed by atoms with Gasteiger partial charge in [0.05, 0.1) is 66.1 Å². The number of hydrogen-bond acceptors (Lipinski definition) is 8. The second kappa shape index (κ2) is 12.1. The molecule has 1 aliphatic rings. The van der Waals surface area contributed by atoms with Gasteiger partial charge in [0, 0.05) is 0 Å². The van der Waals surface area contributed by atoms with Crippen LogP contribution in [0.1, 0.15) is 13.8 Å². The molecule has 1 fully saturated rings. The fraction of sp³-hybridized carbons (Fsp3) is 1.00. The fourth-order valence-electron chi connectivity index (χ4n) is 2.16. The molecule has 0 aromatic carbocycles. The average molecular weight is 338 g/mol. The predicted molar refractivity (Wildman–Crippen MR) is 81.3 cm³/mol. The first-order valence-corrected chi connectivity index (χ1v) is 7.97. The molecule has 138 valence electrons. The molecule has 1 rings (SSSR count). The van der Waals surface area contributed by atoms with Gasteiger partial charge in [-0.1, -0.05) is 0 Å². The van der Waals surface area contributed by atoms with Gasteiger partial charge in [0.1, 0.15) is 12.2 Å². The van der Waals surface area contributed by atoms with Crippen molar-refractivity contribution in [2.75, 3.05) is 66.1 Å². The standard InChI is InChI=1S/C15H30O8/c1-15(2)22-13(11-20-9-7-18-5-3-16)14(23-15)12-21-10-8-19-6-4-17/h13-14,16-17H,3-12H2,1-2H3. The van der Waals surface area contributed by atoms with Gasteiger partial charge >= 0.3 is 0 Å². The summed E-state index contributed by atoms with van der Waals surface area (Å²) < 4.78 is 32.9. The van der Waals surface area contributed by atoms with E-state index in [2.05, 4.69) is 0 Å². The molecule has 2 unspecified atom stereocenters. The number of ether oxygens (including phenoxy) is 6. The molecule has 0 saturated carbocycles. The van der Waals surface area contributed by atoms with E-state index in [9.17, 15) is 0 Å². The first-order chi connectivity index (χ1) is 11.1. The number of aliphatic hydroxyl groups excluding tert-OH is 2. The van der Waals surface area contributed by atoms with Crippen molar-refractivity contribution >= 4 is 0 Å². The quantitative estimate of drug-likeness (QED) is 0.412. The Balaban J connectivity index is 2.17. The summed E-state index contributed by atoms with van der Waals surface area (Å²) in [5.74, 6) is -0.664. The summed E-state index contributed by atoms with van der Waals surface area (Å²) in [6, 6.07) is 0. The van der Waals surface area contributed by atoms with E-state index in [-0.39, 0.29) is 25.4 Å². The van der Waals surface area contributed by atoms with Crippen LogP contribution in [0.3, 0.4) is 0 Å². The SMILES string of the molecule is CC1(C)OC(COCCOCCO)C(COCCOCCO)O1. The smallest absolute Gasteiger partial charge is 0.163 e. The molecule has 2 atom stereocenters. The van der Waals surface area contributed by atoms with Crippen LogP contribution in [0.2, 0.25) is 0 Å². The lowest BCUT2D eigenvalue weighted by Gasteiger charge is -2.17. The maximum absolute atomic E-state index is 8.60. The highest BCUT2D eigenvalue weighted by molar-refractivity contribution is 4.81. The van der Waals surface area contributed by atoms with E-state index in [0.29, 0.717) is 52.9 Å². The molecule has 1 heterocycles. The third-order valence-electron chi connectivity index (χ3n) is 3.06. The van der Waals surface area contributed by atoms with Gasteiger partial charge in [-0.3, -0.25) is 0 Å². The molecule has 0 aromatic heterocycles. The second-order valence-electron chi connectivity index (χ2n) is 5.53. The third kappa shape index (κ3) is 9.53. The third-order valence-corrected chi connectivity index (χ3v) is 3.06. The van der Waals surface area contributed by atoms with E-state index in [1.165, 1.54) is 0 Å². The molecule has 0 aromatic rings. The van der Waals surface area contributed by atoms with Gasteiger partial charge < -0.3 is 38.6 Å². The Morgan fingerprint density at radius 3 is 1.48 bits per heavy atom. The molecular formula is C15H30O8. The van der Waals surface area contributed by atoms with Crippen molar-refractivity contribution in [3.05, 3.63) is 0 Å². The molecule has 0 bridgehead atoms. The summed E-state index contributed by atoms with van der Waals surface area (Å²) in [5, 5.41) is 17.2. The fourth-order valence-corrected chi connectivity index (χ4v) is 2.16. The molecule has 0 amide bonds. The first kappa shape index (κ1) is 20.7. The Kier molecular flexibility index (Phi) is 10.9. The molecule has 8 heteroatoms. The summed E-state index contributed by atoms with van der Waals surface area (Å²) in [6.07, 6.45) is -0.414. The Morgan fingerprint density at radius 2 is 1.09 bits per heavy atom. The maximum Gasteiger partial charge on any atom is 0.163 e. The van der Waals surface area contributed by atoms with E-state index in [0.717, 1.165) is 0 Å². The molecule has 0 radical (unpaired) electrons. The minimum atomic E-state index is -0.664. The van der Waals surface area contributed by atoms with Crippen LogP contribution in [0.5, 0.6) is 0 Å². The van der Waals surface area contributed by atoms with Crippen LogP contribution < -0.4 is 0 Å². The number of aliphatic hydroxyl groups is 2. The molecule has 2 N–H and O–H groups in total. The number of hydrogen-bond donors (Lipinski definition) is 2. The minimum Gasteiger partial charge on any atom is -0.394 e. The van der Waals surface area contributed by atoms with Crippen LogP contribution in [-0.4, -0.2) is 94.3 Å². The van der Waals surface area contributed by atoms with E-state index in [1.807, 2.05) is 13.8 Å². The zero-order valence-electron chi connectivity index (χ0n) is 14.1. The Labute approximate surface area is 137 Å². The maximum atomic E-state index is 8.60. The first-order valence-electron chi connectivity index (χ1n) is 7.97. The molecule has 8 nitrogen and oxygen atoms in total. The molecule has 1 aliphatic heterocycles. The lowest BCUT2D eigenvalue weighted by Crippen LogP contribution is -2.32. The summed E-state index contributed by atoms with van der Waals surface area (Å²) in [6.45, 7) is 6.87. The van der Waals surface area contributed by atoms with E-state index in [1.54, 1.807) is 0 Å². The highest BCUT2D eigenvalue weighted by Crippen LogP contribution is 2.28. The second-order valence-corrected chi connectivity index (χ2v) is 5.53. The Bertz CT molecular complexity index is 261. The van der Waals surface area contributed by atoms with Crippen LogP contribution in [0.4, 0.5) is 0 Å². The zero-order chi connectivity index (χ0) is 17.0. The van der Waals surface area contributed by atoms with Crippen LogP contribution in [0.15, 0.2) is 0 Å². The van der Waals surface area contributed by atoms with Crippen molar-refractivity contribution in [2.45, 2.75) is 31.8 Å². The molecule has 0 aliphatic carbocycles. The van der Waals surface area contributed by atoms with Crippen molar-refractivity contribution in [1.82, 2.24) is 0 Å². The lowest BCUT2D eigenvalue weighted by molar-refractivity contribution is -0.155. The molecule has 1 saturated heterocycles. The van der Waals surface area contributed by atoms with Gasteiger partial charge in [-0.25, -0.2) is 0 Å². The normalized spacial score (nSPS) is 23.5. The van der Waals surface area contributed by atoms with Gasteiger partial charge in [0.15, 0.2) is 5.79 Å². The summed E-state index contributed by atoms with van der Waals surface area (Å²) in [7, 11) is 0. The van der Waals surface area contributed by atoms with Gasteiger partial charge in [-0.15, -0.1) is 0 Å². The van der Waals surface area contributed by atoms with Crippen LogP contribution >= 0.6 is 0 Å². The van der Waals surface area contributed by atoms with E-state index >= 15 is 0 Å². The van der Waals surface area contributed by atoms with Crippen molar-refractivity contribution in [3.8, 4) is 0 Å². The average Bonchev–Trinajstić information content (AvgIpc) is 2.80. The monoisotopic (exact) mass is 338 g/mol. The van der Waals surface area contributed by atoms with Crippen molar-refractivity contribution in [2.24, 2.45) is 0 Å². The Hall–Kier alpha value is -0.320. The van der Waals surface area contributed by atoms with Crippen molar-refractivity contribution in [3.63, 3.8) is 0 Å². The van der Waals surface area contributed by atoms with Crippen LogP contribution in [0, 0.1) is 0 Å². The zero-order valence-corrected chi connectivity index (χ0v) is 14.1. The highest BCUT2D eigenvalue weighted by Gasteiger charge is 2.41. The summed E-state index contributed by atoms with van der Waals surface area (Å²) in [4.78, 5) is 0. The van der Waals surface area contributed by atoms with E-state index < -0.39 is 5.79 Å². The summed E-state index contributed by atoms with van der Waals surface area (Å²) >= 11 is 0. The predicted octanol–water partition coefficient (Wildman–Crippen LogP) is -0.442. The Morgan fingerprint density at radius 1 is 0.696 bits per heavy atom. The van der Waals surface area contributed by atoms with Gasteiger partial charge in [0.25, 0.3) is 0 Å². The molecule has 0 spiro atoms. The van der Waals surface area contributed by atoms with Crippen LogP contribution in [0.25, 0.3) is 0 Å². The van der Waals surface area contributed by atoms with Gasteiger partial charge in [0.2, 0.25) is 0 Å². The van der Waals surface area contributed by atoms with Crippen molar-refractivity contribution in [1.29, 1.82) is 0 Å². The minimum absolute atomic E-state index is 0.00912. The van der Waals surface area contributed by atoms with Gasteiger partial charge in [-0.2, -0.15) is 0 Å². The highest BCUT2D eigenvalue weighted by atomic mass is 16.8. The van der Waals surface area contributed by atoms with Crippen LogP contribution in [-0.2, 0) is 28.4 Å².